The predicted molar refractivity (Wildman–Crippen MR) is 71.2 cm³/mol. The number of hydrogen-bond acceptors (Lipinski definition) is 1. The highest BCUT2D eigenvalue weighted by atomic mass is 35.5. The Labute approximate surface area is 103 Å². The molecule has 0 amide bonds. The molecule has 0 saturated heterocycles. The van der Waals surface area contributed by atoms with Crippen LogP contribution in [-0.4, -0.2) is 6.04 Å². The van der Waals surface area contributed by atoms with E-state index in [1.165, 1.54) is 31.2 Å². The van der Waals surface area contributed by atoms with Gasteiger partial charge in [-0.05, 0) is 50.3 Å². The van der Waals surface area contributed by atoms with E-state index in [4.69, 9.17) is 11.6 Å². The molecule has 1 aliphatic carbocycles. The maximum atomic E-state index is 6.22. The number of anilines is 1. The summed E-state index contributed by atoms with van der Waals surface area (Å²) < 4.78 is 0. The van der Waals surface area contributed by atoms with Gasteiger partial charge in [0.15, 0.2) is 0 Å². The van der Waals surface area contributed by atoms with Gasteiger partial charge in [0.2, 0.25) is 0 Å². The van der Waals surface area contributed by atoms with Gasteiger partial charge in [-0.2, -0.15) is 0 Å². The second kappa shape index (κ2) is 5.09. The van der Waals surface area contributed by atoms with Crippen molar-refractivity contribution in [2.75, 3.05) is 5.32 Å². The highest BCUT2D eigenvalue weighted by Gasteiger charge is 2.21. The fourth-order valence-electron chi connectivity index (χ4n) is 2.56. The third kappa shape index (κ3) is 2.70. The zero-order valence-corrected chi connectivity index (χ0v) is 10.8. The van der Waals surface area contributed by atoms with Crippen molar-refractivity contribution in [3.63, 3.8) is 0 Å². The van der Waals surface area contributed by atoms with Gasteiger partial charge in [-0.1, -0.05) is 30.5 Å². The van der Waals surface area contributed by atoms with Gasteiger partial charge in [0.1, 0.15) is 0 Å². The number of hydrogen-bond donors (Lipinski definition) is 1. The van der Waals surface area contributed by atoms with Crippen molar-refractivity contribution in [1.29, 1.82) is 0 Å². The molecule has 1 aromatic rings. The third-order valence-corrected chi connectivity index (χ3v) is 3.93. The normalized spacial score (nSPS) is 18.7. The topological polar surface area (TPSA) is 12.0 Å². The Morgan fingerprint density at radius 2 is 2.00 bits per heavy atom. The Kier molecular flexibility index (Phi) is 3.75. The summed E-state index contributed by atoms with van der Waals surface area (Å²) in [5.41, 5.74) is 2.29. The number of rotatable bonds is 3. The van der Waals surface area contributed by atoms with Crippen molar-refractivity contribution < 1.29 is 0 Å². The first-order valence-electron chi connectivity index (χ1n) is 6.19. The molecule has 0 heterocycles. The van der Waals surface area contributed by atoms with Gasteiger partial charge in [0, 0.05) is 6.04 Å². The minimum Gasteiger partial charge on any atom is -0.381 e. The zero-order chi connectivity index (χ0) is 11.5. The van der Waals surface area contributed by atoms with E-state index in [0.717, 1.165) is 16.6 Å². The van der Waals surface area contributed by atoms with Gasteiger partial charge in [-0.15, -0.1) is 0 Å². The van der Waals surface area contributed by atoms with Gasteiger partial charge in [0.05, 0.1) is 10.7 Å². The van der Waals surface area contributed by atoms with E-state index in [9.17, 15) is 0 Å². The van der Waals surface area contributed by atoms with Crippen LogP contribution in [-0.2, 0) is 0 Å². The van der Waals surface area contributed by atoms with E-state index in [1.54, 1.807) is 0 Å². The number of aryl methyl sites for hydroxylation is 1. The molecule has 88 valence electrons. The molecule has 0 aromatic heterocycles. The molecule has 1 atom stereocenters. The summed E-state index contributed by atoms with van der Waals surface area (Å²) in [6.07, 6.45) is 5.49. The van der Waals surface area contributed by atoms with Crippen LogP contribution in [0.5, 0.6) is 0 Å². The molecule has 1 N–H and O–H groups in total. The Morgan fingerprint density at radius 1 is 1.31 bits per heavy atom. The van der Waals surface area contributed by atoms with Crippen LogP contribution in [0.4, 0.5) is 5.69 Å². The lowest BCUT2D eigenvalue weighted by molar-refractivity contribution is 0.482. The van der Waals surface area contributed by atoms with E-state index in [0.29, 0.717) is 6.04 Å². The van der Waals surface area contributed by atoms with Crippen molar-refractivity contribution in [2.24, 2.45) is 5.92 Å². The quantitative estimate of drug-likeness (QED) is 0.808. The van der Waals surface area contributed by atoms with Crippen LogP contribution in [0, 0.1) is 12.8 Å². The molecule has 1 saturated carbocycles. The Hall–Kier alpha value is -0.690. The summed E-state index contributed by atoms with van der Waals surface area (Å²) in [6.45, 7) is 4.34. The average Bonchev–Trinajstić information content (AvgIpc) is 2.75. The second-order valence-corrected chi connectivity index (χ2v) is 5.37. The van der Waals surface area contributed by atoms with Gasteiger partial charge in [0.25, 0.3) is 0 Å². The lowest BCUT2D eigenvalue weighted by atomic mass is 9.99. The summed E-state index contributed by atoms with van der Waals surface area (Å²) in [5, 5.41) is 4.39. The summed E-state index contributed by atoms with van der Waals surface area (Å²) >= 11 is 6.22. The fourth-order valence-corrected chi connectivity index (χ4v) is 2.85. The first-order chi connectivity index (χ1) is 7.66. The highest BCUT2D eigenvalue weighted by Crippen LogP contribution is 2.31. The number of halogens is 1. The van der Waals surface area contributed by atoms with E-state index in [-0.39, 0.29) is 0 Å². The van der Waals surface area contributed by atoms with Crippen LogP contribution in [0.1, 0.15) is 38.2 Å². The Balaban J connectivity index is 2.02. The minimum atomic E-state index is 0.530. The smallest absolute Gasteiger partial charge is 0.0640 e. The van der Waals surface area contributed by atoms with Crippen molar-refractivity contribution in [1.82, 2.24) is 0 Å². The van der Waals surface area contributed by atoms with Gasteiger partial charge in [-0.25, -0.2) is 0 Å². The summed E-state index contributed by atoms with van der Waals surface area (Å²) in [4.78, 5) is 0. The van der Waals surface area contributed by atoms with Crippen molar-refractivity contribution in [2.45, 2.75) is 45.6 Å². The molecule has 0 aliphatic heterocycles. The summed E-state index contributed by atoms with van der Waals surface area (Å²) in [6, 6.07) is 6.74. The Bertz CT molecular complexity index is 356. The highest BCUT2D eigenvalue weighted by molar-refractivity contribution is 6.33. The molecule has 2 rings (SSSR count). The van der Waals surface area contributed by atoms with Gasteiger partial charge < -0.3 is 5.32 Å². The third-order valence-electron chi connectivity index (χ3n) is 3.61. The first kappa shape index (κ1) is 11.8. The molecular formula is C14H20ClN. The van der Waals surface area contributed by atoms with Gasteiger partial charge in [-0.3, -0.25) is 0 Å². The van der Waals surface area contributed by atoms with Crippen LogP contribution in [0.25, 0.3) is 0 Å². The van der Waals surface area contributed by atoms with Crippen LogP contribution in [0.2, 0.25) is 5.02 Å². The SMILES string of the molecule is Cc1ccc(NC(C)C2CCCC2)c(Cl)c1. The standard InChI is InChI=1S/C14H20ClN/c1-10-7-8-14(13(15)9-10)16-11(2)12-5-3-4-6-12/h7-9,11-12,16H,3-6H2,1-2H3. The molecule has 1 nitrogen and oxygen atoms in total. The number of nitrogens with one attached hydrogen (secondary N) is 1. The van der Waals surface area contributed by atoms with Crippen molar-refractivity contribution in [3.05, 3.63) is 28.8 Å². The van der Waals surface area contributed by atoms with Crippen LogP contribution >= 0.6 is 11.6 Å². The molecule has 1 aliphatic rings. The van der Waals surface area contributed by atoms with Crippen LogP contribution in [0.3, 0.4) is 0 Å². The maximum absolute atomic E-state index is 6.22. The molecule has 0 radical (unpaired) electrons. The lowest BCUT2D eigenvalue weighted by Gasteiger charge is -2.22. The predicted octanol–water partition coefficient (Wildman–Crippen LogP) is 4.64. The summed E-state index contributed by atoms with van der Waals surface area (Å²) in [7, 11) is 0. The van der Waals surface area contributed by atoms with Crippen molar-refractivity contribution in [3.8, 4) is 0 Å². The molecule has 0 bridgehead atoms. The largest absolute Gasteiger partial charge is 0.381 e. The average molecular weight is 238 g/mol. The number of benzene rings is 1. The second-order valence-electron chi connectivity index (χ2n) is 4.96. The molecular weight excluding hydrogens is 218 g/mol. The molecule has 1 fully saturated rings. The lowest BCUT2D eigenvalue weighted by Crippen LogP contribution is -2.23. The monoisotopic (exact) mass is 237 g/mol. The first-order valence-corrected chi connectivity index (χ1v) is 6.57. The zero-order valence-electron chi connectivity index (χ0n) is 10.1. The molecule has 16 heavy (non-hydrogen) atoms. The minimum absolute atomic E-state index is 0.530. The van der Waals surface area contributed by atoms with E-state index >= 15 is 0 Å². The molecule has 1 aromatic carbocycles. The van der Waals surface area contributed by atoms with Gasteiger partial charge >= 0.3 is 0 Å². The molecule has 2 heteroatoms. The maximum Gasteiger partial charge on any atom is 0.0640 e. The van der Waals surface area contributed by atoms with Crippen LogP contribution in [0.15, 0.2) is 18.2 Å². The fraction of sp³-hybridized carbons (Fsp3) is 0.571. The van der Waals surface area contributed by atoms with E-state index < -0.39 is 0 Å². The Morgan fingerprint density at radius 3 is 2.62 bits per heavy atom. The summed E-state index contributed by atoms with van der Waals surface area (Å²) in [5.74, 6) is 0.817. The van der Waals surface area contributed by atoms with E-state index in [2.05, 4.69) is 31.3 Å². The molecule has 0 spiro atoms. The molecule has 1 unspecified atom stereocenters. The van der Waals surface area contributed by atoms with Crippen molar-refractivity contribution >= 4 is 17.3 Å². The van der Waals surface area contributed by atoms with Crippen LogP contribution < -0.4 is 5.32 Å². The van der Waals surface area contributed by atoms with E-state index in [1.807, 2.05) is 6.07 Å².